The molecule has 1 aliphatic carbocycles. The number of amides is 2. The lowest BCUT2D eigenvalue weighted by Gasteiger charge is -2.35. The van der Waals surface area contributed by atoms with Crippen LogP contribution in [-0.2, 0) is 14.3 Å². The van der Waals surface area contributed by atoms with Gasteiger partial charge < -0.3 is 15.0 Å². The maximum Gasteiger partial charge on any atom is 0.234 e. The molecule has 2 fully saturated rings. The van der Waals surface area contributed by atoms with Crippen LogP contribution in [0.1, 0.15) is 46.0 Å². The van der Waals surface area contributed by atoms with Crippen molar-refractivity contribution in [3.8, 4) is 0 Å². The first-order valence-corrected chi connectivity index (χ1v) is 9.45. The van der Waals surface area contributed by atoms with Gasteiger partial charge in [0.25, 0.3) is 0 Å². The summed E-state index contributed by atoms with van der Waals surface area (Å²) in [7, 11) is 0. The van der Waals surface area contributed by atoms with Gasteiger partial charge in [0.15, 0.2) is 0 Å². The Kier molecular flexibility index (Phi) is 7.99. The molecule has 138 valence electrons. The van der Waals surface area contributed by atoms with Crippen molar-refractivity contribution in [2.24, 2.45) is 5.92 Å². The van der Waals surface area contributed by atoms with Crippen LogP contribution < -0.4 is 5.32 Å². The highest BCUT2D eigenvalue weighted by Crippen LogP contribution is 2.23. The van der Waals surface area contributed by atoms with Crippen LogP contribution in [0, 0.1) is 5.92 Å². The molecule has 0 unspecified atom stereocenters. The number of hydrogen-bond donors (Lipinski definition) is 1. The predicted octanol–water partition coefficient (Wildman–Crippen LogP) is 1.25. The van der Waals surface area contributed by atoms with Crippen LogP contribution in [0.15, 0.2) is 0 Å². The van der Waals surface area contributed by atoms with Gasteiger partial charge in [0.2, 0.25) is 11.8 Å². The molecule has 0 radical (unpaired) electrons. The van der Waals surface area contributed by atoms with E-state index in [-0.39, 0.29) is 11.8 Å². The minimum absolute atomic E-state index is 0.130. The molecule has 1 N–H and O–H groups in total. The molecule has 2 rings (SSSR count). The number of carbonyl (C=O) groups excluding carboxylic acids is 2. The van der Waals surface area contributed by atoms with E-state index in [1.54, 1.807) is 0 Å². The molecule has 2 atom stereocenters. The fourth-order valence-electron chi connectivity index (χ4n) is 3.66. The number of ether oxygens (including phenoxy) is 1. The average Bonchev–Trinajstić information content (AvgIpc) is 2.55. The predicted molar refractivity (Wildman–Crippen MR) is 93.7 cm³/mol. The van der Waals surface area contributed by atoms with Gasteiger partial charge in [-0.3, -0.25) is 14.5 Å². The third kappa shape index (κ3) is 6.40. The number of nitrogens with one attached hydrogen (secondary N) is 1. The van der Waals surface area contributed by atoms with Crippen molar-refractivity contribution in [2.45, 2.75) is 52.0 Å². The molecular weight excluding hydrogens is 306 g/mol. The molecule has 1 saturated heterocycles. The quantitative estimate of drug-likeness (QED) is 0.709. The molecule has 0 aromatic heterocycles. The molecule has 0 aromatic carbocycles. The third-order valence-electron chi connectivity index (χ3n) is 5.06. The van der Waals surface area contributed by atoms with Crippen LogP contribution in [0.25, 0.3) is 0 Å². The summed E-state index contributed by atoms with van der Waals surface area (Å²) in [4.78, 5) is 28.3. The van der Waals surface area contributed by atoms with Gasteiger partial charge in [-0.1, -0.05) is 19.8 Å². The second-order valence-corrected chi connectivity index (χ2v) is 7.14. The fraction of sp³-hybridized carbons (Fsp3) is 0.889. The highest BCUT2D eigenvalue weighted by atomic mass is 16.5. The lowest BCUT2D eigenvalue weighted by molar-refractivity contribution is -0.134. The van der Waals surface area contributed by atoms with E-state index < -0.39 is 0 Å². The van der Waals surface area contributed by atoms with Crippen LogP contribution in [0.4, 0.5) is 0 Å². The van der Waals surface area contributed by atoms with Gasteiger partial charge in [0.1, 0.15) is 0 Å². The first-order valence-electron chi connectivity index (χ1n) is 9.45. The molecule has 1 aliphatic heterocycles. The smallest absolute Gasteiger partial charge is 0.234 e. The van der Waals surface area contributed by atoms with Gasteiger partial charge in [-0.25, -0.2) is 0 Å². The van der Waals surface area contributed by atoms with Crippen molar-refractivity contribution in [3.63, 3.8) is 0 Å². The van der Waals surface area contributed by atoms with Gasteiger partial charge in [0, 0.05) is 38.8 Å². The van der Waals surface area contributed by atoms with Gasteiger partial charge in [-0.05, 0) is 25.7 Å². The van der Waals surface area contributed by atoms with Crippen LogP contribution in [0.2, 0.25) is 0 Å². The van der Waals surface area contributed by atoms with Gasteiger partial charge in [-0.2, -0.15) is 0 Å². The molecule has 1 heterocycles. The Hall–Kier alpha value is -1.14. The molecule has 1 saturated carbocycles. The summed E-state index contributed by atoms with van der Waals surface area (Å²) in [5, 5.41) is 3.19. The number of nitrogens with zero attached hydrogens (tertiary/aromatic N) is 2. The van der Waals surface area contributed by atoms with Crippen molar-refractivity contribution in [1.82, 2.24) is 15.1 Å². The van der Waals surface area contributed by atoms with Crippen LogP contribution in [0.5, 0.6) is 0 Å². The Bertz CT molecular complexity index is 408. The van der Waals surface area contributed by atoms with Crippen molar-refractivity contribution in [3.05, 3.63) is 0 Å². The van der Waals surface area contributed by atoms with Crippen molar-refractivity contribution in [2.75, 3.05) is 45.9 Å². The summed E-state index contributed by atoms with van der Waals surface area (Å²) < 4.78 is 5.24. The van der Waals surface area contributed by atoms with Crippen LogP contribution in [0.3, 0.4) is 0 Å². The first-order chi connectivity index (χ1) is 11.6. The monoisotopic (exact) mass is 339 g/mol. The Labute approximate surface area is 145 Å². The molecule has 2 amide bonds. The van der Waals surface area contributed by atoms with E-state index in [4.69, 9.17) is 4.74 Å². The van der Waals surface area contributed by atoms with Crippen molar-refractivity contribution in [1.29, 1.82) is 0 Å². The minimum atomic E-state index is 0.130. The summed E-state index contributed by atoms with van der Waals surface area (Å²) >= 11 is 0. The molecule has 0 aromatic rings. The van der Waals surface area contributed by atoms with Gasteiger partial charge in [-0.15, -0.1) is 0 Å². The molecular formula is C18H33N3O3. The normalized spacial score (nSPS) is 25.5. The molecule has 2 aliphatic rings. The fourth-order valence-corrected chi connectivity index (χ4v) is 3.66. The maximum absolute atomic E-state index is 12.2. The highest BCUT2D eigenvalue weighted by Gasteiger charge is 2.24. The zero-order chi connectivity index (χ0) is 17.4. The number of rotatable bonds is 7. The molecule has 0 spiro atoms. The molecule has 24 heavy (non-hydrogen) atoms. The zero-order valence-electron chi connectivity index (χ0n) is 15.3. The molecule has 6 nitrogen and oxygen atoms in total. The van der Waals surface area contributed by atoms with Crippen molar-refractivity contribution < 1.29 is 14.3 Å². The van der Waals surface area contributed by atoms with E-state index >= 15 is 0 Å². The summed E-state index contributed by atoms with van der Waals surface area (Å²) in [6, 6.07) is 0.350. The average molecular weight is 339 g/mol. The Balaban J connectivity index is 1.63. The Morgan fingerprint density at radius 1 is 1.17 bits per heavy atom. The van der Waals surface area contributed by atoms with E-state index in [0.717, 1.165) is 31.8 Å². The van der Waals surface area contributed by atoms with E-state index in [1.165, 1.54) is 12.8 Å². The Morgan fingerprint density at radius 2 is 1.92 bits per heavy atom. The molecule has 0 bridgehead atoms. The standard InChI is InChI=1S/C18H33N3O3/c1-3-24-12-7-18(23)21-10-8-20(9-11-21)14-17(22)19-16-6-4-5-15(2)13-16/h15-16H,3-14H2,1-2H3,(H,19,22)/t15-,16-/m0/s1. The van der Waals surface area contributed by atoms with Gasteiger partial charge >= 0.3 is 0 Å². The number of piperazine rings is 1. The van der Waals surface area contributed by atoms with E-state index in [2.05, 4.69) is 17.1 Å². The maximum atomic E-state index is 12.2. The minimum Gasteiger partial charge on any atom is -0.381 e. The molecule has 6 heteroatoms. The lowest BCUT2D eigenvalue weighted by Crippen LogP contribution is -2.52. The SMILES string of the molecule is CCOCCC(=O)N1CCN(CC(=O)N[C@H]2CCC[C@H](C)C2)CC1. The second kappa shape index (κ2) is 9.99. The summed E-state index contributed by atoms with van der Waals surface area (Å²) in [6.45, 7) is 8.75. The Morgan fingerprint density at radius 3 is 2.58 bits per heavy atom. The highest BCUT2D eigenvalue weighted by molar-refractivity contribution is 5.78. The third-order valence-corrected chi connectivity index (χ3v) is 5.06. The number of carbonyl (C=O) groups is 2. The summed E-state index contributed by atoms with van der Waals surface area (Å²) in [5.41, 5.74) is 0. The summed E-state index contributed by atoms with van der Waals surface area (Å²) in [5.74, 6) is 1.00. The zero-order valence-corrected chi connectivity index (χ0v) is 15.3. The van der Waals surface area contributed by atoms with Crippen LogP contribution in [-0.4, -0.2) is 73.6 Å². The van der Waals surface area contributed by atoms with Crippen molar-refractivity contribution >= 4 is 11.8 Å². The van der Waals surface area contributed by atoms with E-state index in [0.29, 0.717) is 45.3 Å². The second-order valence-electron chi connectivity index (χ2n) is 7.14. The topological polar surface area (TPSA) is 61.9 Å². The lowest BCUT2D eigenvalue weighted by atomic mass is 9.87. The summed E-state index contributed by atoms with van der Waals surface area (Å²) in [6.07, 6.45) is 5.17. The van der Waals surface area contributed by atoms with E-state index in [9.17, 15) is 9.59 Å². The van der Waals surface area contributed by atoms with Gasteiger partial charge in [0.05, 0.1) is 19.6 Å². The number of hydrogen-bond acceptors (Lipinski definition) is 4. The van der Waals surface area contributed by atoms with E-state index in [1.807, 2.05) is 11.8 Å². The first kappa shape index (κ1) is 19.2. The largest absolute Gasteiger partial charge is 0.381 e. The van der Waals surface area contributed by atoms with Crippen LogP contribution >= 0.6 is 0 Å².